The van der Waals surface area contributed by atoms with Gasteiger partial charge in [0.25, 0.3) is 5.91 Å². The van der Waals surface area contributed by atoms with Crippen LogP contribution in [0.15, 0.2) is 54.6 Å². The number of aromatic nitrogens is 3. The van der Waals surface area contributed by atoms with Gasteiger partial charge in [0.15, 0.2) is 0 Å². The minimum atomic E-state index is -0.110. The second kappa shape index (κ2) is 16.8. The number of hydrogen-bond donors (Lipinski definition) is 4. The summed E-state index contributed by atoms with van der Waals surface area (Å²) in [5.74, 6) is 2.14. The number of nitrogens with zero attached hydrogens (tertiary/aromatic N) is 3. The quantitative estimate of drug-likeness (QED) is 0.179. The van der Waals surface area contributed by atoms with E-state index in [0.29, 0.717) is 69.5 Å². The van der Waals surface area contributed by atoms with Crippen molar-refractivity contribution in [3.63, 3.8) is 0 Å². The number of carbonyl (C=O) groups is 1. The Morgan fingerprint density at radius 3 is 2.13 bits per heavy atom. The Bertz CT molecular complexity index is 1120. The normalized spacial score (nSPS) is 11.5. The van der Waals surface area contributed by atoms with Gasteiger partial charge in [-0.1, -0.05) is 37.3 Å². The van der Waals surface area contributed by atoms with Gasteiger partial charge in [-0.2, -0.15) is 15.0 Å². The van der Waals surface area contributed by atoms with Gasteiger partial charge < -0.3 is 35.5 Å². The van der Waals surface area contributed by atoms with Crippen LogP contribution in [0.4, 0.5) is 17.8 Å². The van der Waals surface area contributed by atoms with Crippen molar-refractivity contribution in [2.75, 3.05) is 62.6 Å². The molecule has 1 unspecified atom stereocenters. The Labute approximate surface area is 230 Å². The van der Waals surface area contributed by atoms with Gasteiger partial charge in [0, 0.05) is 31.2 Å². The van der Waals surface area contributed by atoms with Gasteiger partial charge >= 0.3 is 0 Å². The third kappa shape index (κ3) is 11.1. The van der Waals surface area contributed by atoms with E-state index in [-0.39, 0.29) is 11.9 Å². The van der Waals surface area contributed by atoms with Crippen molar-refractivity contribution in [1.82, 2.24) is 20.3 Å². The minimum absolute atomic E-state index is 0.110. The van der Waals surface area contributed by atoms with Crippen LogP contribution >= 0.6 is 0 Å². The molecule has 11 nitrogen and oxygen atoms in total. The van der Waals surface area contributed by atoms with Crippen molar-refractivity contribution in [1.29, 1.82) is 0 Å². The van der Waals surface area contributed by atoms with E-state index in [1.54, 1.807) is 19.2 Å². The topological polar surface area (TPSA) is 132 Å². The molecule has 0 aliphatic heterocycles. The number of rotatable bonds is 18. The SMILES string of the molecule is CCC(C)Nc1nc(NCCOCCOCCNC(=O)c2ccccc2)nc(NCc2ccc(OC)cc2)n1. The molecule has 39 heavy (non-hydrogen) atoms. The lowest BCUT2D eigenvalue weighted by Gasteiger charge is -2.14. The summed E-state index contributed by atoms with van der Waals surface area (Å²) in [6.45, 7) is 7.48. The van der Waals surface area contributed by atoms with E-state index < -0.39 is 0 Å². The van der Waals surface area contributed by atoms with E-state index in [4.69, 9.17) is 14.2 Å². The molecule has 2 aromatic carbocycles. The van der Waals surface area contributed by atoms with Crippen LogP contribution in [0.25, 0.3) is 0 Å². The molecule has 0 aliphatic carbocycles. The van der Waals surface area contributed by atoms with E-state index >= 15 is 0 Å². The van der Waals surface area contributed by atoms with E-state index in [2.05, 4.69) is 50.1 Å². The number of nitrogens with one attached hydrogen (secondary N) is 4. The number of amides is 1. The number of methoxy groups -OCH3 is 1. The number of ether oxygens (including phenoxy) is 3. The smallest absolute Gasteiger partial charge is 0.251 e. The highest BCUT2D eigenvalue weighted by molar-refractivity contribution is 5.94. The third-order valence-corrected chi connectivity index (χ3v) is 5.70. The zero-order valence-electron chi connectivity index (χ0n) is 22.9. The van der Waals surface area contributed by atoms with Crippen LogP contribution < -0.4 is 26.0 Å². The molecule has 3 aromatic rings. The van der Waals surface area contributed by atoms with Gasteiger partial charge in [0.1, 0.15) is 5.75 Å². The van der Waals surface area contributed by atoms with Crippen LogP contribution in [0.1, 0.15) is 36.2 Å². The Morgan fingerprint density at radius 1 is 0.821 bits per heavy atom. The fourth-order valence-electron chi connectivity index (χ4n) is 3.33. The van der Waals surface area contributed by atoms with Gasteiger partial charge in [0.2, 0.25) is 17.8 Å². The molecule has 1 amide bonds. The molecule has 1 heterocycles. The summed E-state index contributed by atoms with van der Waals surface area (Å²) in [7, 11) is 1.65. The lowest BCUT2D eigenvalue weighted by Crippen LogP contribution is -2.27. The van der Waals surface area contributed by atoms with Crippen LogP contribution in [0.3, 0.4) is 0 Å². The molecule has 0 saturated carbocycles. The maximum Gasteiger partial charge on any atom is 0.251 e. The Balaban J connectivity index is 1.35. The zero-order valence-corrected chi connectivity index (χ0v) is 22.9. The molecular formula is C28H39N7O4. The first-order valence-corrected chi connectivity index (χ1v) is 13.2. The molecule has 1 aromatic heterocycles. The van der Waals surface area contributed by atoms with Crippen LogP contribution in [0.2, 0.25) is 0 Å². The van der Waals surface area contributed by atoms with E-state index in [1.165, 1.54) is 0 Å². The Hall–Kier alpha value is -3.96. The van der Waals surface area contributed by atoms with Crippen LogP contribution in [-0.2, 0) is 16.0 Å². The molecule has 4 N–H and O–H groups in total. The van der Waals surface area contributed by atoms with Crippen molar-refractivity contribution in [3.05, 3.63) is 65.7 Å². The summed E-state index contributed by atoms with van der Waals surface area (Å²) in [5.41, 5.74) is 1.71. The first-order valence-electron chi connectivity index (χ1n) is 13.2. The van der Waals surface area contributed by atoms with E-state index in [1.807, 2.05) is 42.5 Å². The monoisotopic (exact) mass is 537 g/mol. The first kappa shape index (κ1) is 29.6. The number of benzene rings is 2. The second-order valence-electron chi connectivity index (χ2n) is 8.73. The summed E-state index contributed by atoms with van der Waals surface area (Å²) in [5, 5.41) is 12.6. The van der Waals surface area contributed by atoms with Crippen molar-refractivity contribution in [2.45, 2.75) is 32.9 Å². The van der Waals surface area contributed by atoms with Crippen LogP contribution in [0, 0.1) is 0 Å². The Morgan fingerprint density at radius 2 is 1.46 bits per heavy atom. The molecule has 0 radical (unpaired) electrons. The lowest BCUT2D eigenvalue weighted by atomic mass is 10.2. The predicted molar refractivity (Wildman–Crippen MR) is 152 cm³/mol. The van der Waals surface area contributed by atoms with E-state index in [0.717, 1.165) is 17.7 Å². The van der Waals surface area contributed by atoms with Crippen molar-refractivity contribution in [2.24, 2.45) is 0 Å². The molecule has 0 saturated heterocycles. The highest BCUT2D eigenvalue weighted by Gasteiger charge is 2.09. The van der Waals surface area contributed by atoms with E-state index in [9.17, 15) is 4.79 Å². The highest BCUT2D eigenvalue weighted by atomic mass is 16.5. The van der Waals surface area contributed by atoms with Gasteiger partial charge in [-0.3, -0.25) is 4.79 Å². The maximum atomic E-state index is 12.0. The summed E-state index contributed by atoms with van der Waals surface area (Å²) in [6, 6.07) is 17.1. The maximum absolute atomic E-state index is 12.0. The van der Waals surface area contributed by atoms with Gasteiger partial charge in [-0.25, -0.2) is 0 Å². The summed E-state index contributed by atoms with van der Waals surface area (Å²) < 4.78 is 16.4. The van der Waals surface area contributed by atoms with Crippen LogP contribution in [-0.4, -0.2) is 73.5 Å². The van der Waals surface area contributed by atoms with Gasteiger partial charge in [-0.15, -0.1) is 0 Å². The fourth-order valence-corrected chi connectivity index (χ4v) is 3.33. The standard InChI is InChI=1S/C28H39N7O4/c1-4-21(2)32-28-34-26(33-27(35-28)31-20-22-10-12-24(37-3)13-11-22)30-15-17-39-19-18-38-16-14-29-25(36)23-8-6-5-7-9-23/h5-13,21H,4,14-20H2,1-3H3,(H,29,36)(H3,30,31,32,33,34,35). The largest absolute Gasteiger partial charge is 0.497 e. The molecule has 0 fully saturated rings. The molecule has 3 rings (SSSR count). The fraction of sp³-hybridized carbons (Fsp3) is 0.429. The molecule has 210 valence electrons. The summed E-state index contributed by atoms with van der Waals surface area (Å²) >= 11 is 0. The van der Waals surface area contributed by atoms with Crippen molar-refractivity contribution >= 4 is 23.8 Å². The summed E-state index contributed by atoms with van der Waals surface area (Å²) in [4.78, 5) is 25.5. The molecule has 1 atom stereocenters. The van der Waals surface area contributed by atoms with Crippen LogP contribution in [0.5, 0.6) is 5.75 Å². The van der Waals surface area contributed by atoms with Gasteiger partial charge in [-0.05, 0) is 43.2 Å². The average Bonchev–Trinajstić information content (AvgIpc) is 2.97. The van der Waals surface area contributed by atoms with Crippen molar-refractivity contribution < 1.29 is 19.0 Å². The first-order chi connectivity index (χ1) is 19.1. The predicted octanol–water partition coefficient (Wildman–Crippen LogP) is 3.58. The number of carbonyl (C=O) groups excluding carboxylic acids is 1. The molecular weight excluding hydrogens is 498 g/mol. The zero-order chi connectivity index (χ0) is 27.7. The Kier molecular flexibility index (Phi) is 12.7. The summed E-state index contributed by atoms with van der Waals surface area (Å²) in [6.07, 6.45) is 0.943. The minimum Gasteiger partial charge on any atom is -0.497 e. The molecule has 0 bridgehead atoms. The molecule has 0 aliphatic rings. The third-order valence-electron chi connectivity index (χ3n) is 5.70. The highest BCUT2D eigenvalue weighted by Crippen LogP contribution is 2.14. The van der Waals surface area contributed by atoms with Gasteiger partial charge in [0.05, 0.1) is 33.5 Å². The second-order valence-corrected chi connectivity index (χ2v) is 8.73. The molecule has 0 spiro atoms. The number of anilines is 3. The van der Waals surface area contributed by atoms with Crippen molar-refractivity contribution in [3.8, 4) is 5.75 Å². The average molecular weight is 538 g/mol. The molecule has 11 heteroatoms. The number of hydrogen-bond acceptors (Lipinski definition) is 10. The lowest BCUT2D eigenvalue weighted by molar-refractivity contribution is 0.0519.